The molecule has 1 aromatic heterocycles. The van der Waals surface area contributed by atoms with Crippen molar-refractivity contribution in [3.8, 4) is 0 Å². The molecule has 102 valence electrons. The zero-order valence-corrected chi connectivity index (χ0v) is 11.8. The van der Waals surface area contributed by atoms with E-state index >= 15 is 0 Å². The van der Waals surface area contributed by atoms with Gasteiger partial charge in [-0.25, -0.2) is 0 Å². The molecular weight excluding hydrogens is 226 g/mol. The van der Waals surface area contributed by atoms with Gasteiger partial charge in [0.25, 0.3) is 0 Å². The molecule has 1 saturated carbocycles. The van der Waals surface area contributed by atoms with E-state index in [-0.39, 0.29) is 0 Å². The minimum atomic E-state index is 0.522. The highest BCUT2D eigenvalue weighted by Crippen LogP contribution is 2.33. The summed E-state index contributed by atoms with van der Waals surface area (Å²) in [7, 11) is 0. The number of aryl methyl sites for hydroxylation is 1. The molecule has 18 heavy (non-hydrogen) atoms. The van der Waals surface area contributed by atoms with E-state index < -0.39 is 0 Å². The number of likely N-dealkylation sites (N-methyl/N-ethyl adjacent to an activating group) is 1. The Kier molecular flexibility index (Phi) is 4.75. The van der Waals surface area contributed by atoms with Crippen LogP contribution < -0.4 is 5.32 Å². The van der Waals surface area contributed by atoms with Crippen LogP contribution in [-0.4, -0.2) is 22.7 Å². The van der Waals surface area contributed by atoms with Crippen molar-refractivity contribution in [2.75, 3.05) is 6.54 Å². The summed E-state index contributed by atoms with van der Waals surface area (Å²) in [4.78, 5) is 4.50. The molecular formula is C14H25N3O. The Morgan fingerprint density at radius 1 is 1.39 bits per heavy atom. The van der Waals surface area contributed by atoms with Gasteiger partial charge in [-0.05, 0) is 37.6 Å². The fraction of sp³-hybridized carbons (Fsp3) is 0.857. The quantitative estimate of drug-likeness (QED) is 0.771. The molecule has 1 heterocycles. The number of aromatic nitrogens is 2. The smallest absolute Gasteiger partial charge is 0.228 e. The first-order valence-electron chi connectivity index (χ1n) is 7.23. The van der Waals surface area contributed by atoms with E-state index in [4.69, 9.17) is 4.52 Å². The van der Waals surface area contributed by atoms with E-state index in [1.165, 1.54) is 12.8 Å². The summed E-state index contributed by atoms with van der Waals surface area (Å²) in [6.45, 7) is 7.59. The van der Waals surface area contributed by atoms with Gasteiger partial charge in [0, 0.05) is 18.9 Å². The summed E-state index contributed by atoms with van der Waals surface area (Å²) >= 11 is 0. The van der Waals surface area contributed by atoms with Crippen LogP contribution in [0.15, 0.2) is 4.52 Å². The maximum atomic E-state index is 5.35. The minimum absolute atomic E-state index is 0.522. The molecule has 0 aromatic carbocycles. The van der Waals surface area contributed by atoms with Crippen LogP contribution in [0.3, 0.4) is 0 Å². The Bertz CT molecular complexity index is 358. The molecule has 1 unspecified atom stereocenters. The maximum Gasteiger partial charge on any atom is 0.228 e. The number of hydrogen-bond donors (Lipinski definition) is 1. The highest BCUT2D eigenvalue weighted by atomic mass is 16.5. The van der Waals surface area contributed by atoms with E-state index in [0.717, 1.165) is 43.4 Å². The molecule has 1 aliphatic carbocycles. The lowest BCUT2D eigenvalue weighted by atomic mass is 10.1. The van der Waals surface area contributed by atoms with Gasteiger partial charge in [-0.1, -0.05) is 25.9 Å². The van der Waals surface area contributed by atoms with Crippen molar-refractivity contribution in [1.29, 1.82) is 0 Å². The van der Waals surface area contributed by atoms with Gasteiger partial charge < -0.3 is 9.84 Å². The maximum absolute atomic E-state index is 5.35. The normalized spacial score (nSPS) is 17.3. The highest BCUT2D eigenvalue weighted by molar-refractivity contribution is 4.95. The molecule has 0 spiro atoms. The average Bonchev–Trinajstić information content (AvgIpc) is 3.08. The van der Waals surface area contributed by atoms with Gasteiger partial charge >= 0.3 is 0 Å². The summed E-state index contributed by atoms with van der Waals surface area (Å²) in [6, 6.07) is 0.522. The highest BCUT2D eigenvalue weighted by Gasteiger charge is 2.31. The Labute approximate surface area is 110 Å². The van der Waals surface area contributed by atoms with Crippen molar-refractivity contribution in [3.05, 3.63) is 11.7 Å². The zero-order chi connectivity index (χ0) is 13.0. The number of nitrogens with one attached hydrogen (secondary N) is 1. The van der Waals surface area contributed by atoms with E-state index in [2.05, 4.69) is 36.2 Å². The second-order valence-corrected chi connectivity index (χ2v) is 5.74. The second-order valence-electron chi connectivity index (χ2n) is 5.74. The number of rotatable bonds is 8. The predicted octanol–water partition coefficient (Wildman–Crippen LogP) is 2.59. The van der Waals surface area contributed by atoms with Gasteiger partial charge in [-0.15, -0.1) is 0 Å². The van der Waals surface area contributed by atoms with Crippen molar-refractivity contribution in [1.82, 2.24) is 15.5 Å². The molecule has 4 nitrogen and oxygen atoms in total. The first kappa shape index (κ1) is 13.5. The van der Waals surface area contributed by atoms with E-state index in [9.17, 15) is 0 Å². The fourth-order valence-electron chi connectivity index (χ4n) is 2.25. The van der Waals surface area contributed by atoms with E-state index in [1.54, 1.807) is 0 Å². The SMILES string of the molecule is CCNC(Cc1nc(CCC(C)C)no1)C1CC1. The lowest BCUT2D eigenvalue weighted by molar-refractivity contribution is 0.344. The molecule has 0 radical (unpaired) electrons. The first-order chi connectivity index (χ1) is 8.69. The topological polar surface area (TPSA) is 51.0 Å². The largest absolute Gasteiger partial charge is 0.339 e. The second kappa shape index (κ2) is 6.32. The van der Waals surface area contributed by atoms with E-state index in [0.29, 0.717) is 12.0 Å². The molecule has 1 fully saturated rings. The third-order valence-electron chi connectivity index (χ3n) is 3.51. The van der Waals surface area contributed by atoms with Crippen LogP contribution in [0.25, 0.3) is 0 Å². The fourth-order valence-corrected chi connectivity index (χ4v) is 2.25. The molecule has 0 saturated heterocycles. The predicted molar refractivity (Wildman–Crippen MR) is 71.3 cm³/mol. The van der Waals surface area contributed by atoms with Crippen LogP contribution in [0.2, 0.25) is 0 Å². The van der Waals surface area contributed by atoms with Crippen molar-refractivity contribution in [3.63, 3.8) is 0 Å². The first-order valence-corrected chi connectivity index (χ1v) is 7.23. The van der Waals surface area contributed by atoms with Crippen LogP contribution in [0.1, 0.15) is 51.7 Å². The molecule has 0 amide bonds. The van der Waals surface area contributed by atoms with E-state index in [1.807, 2.05) is 0 Å². The third-order valence-corrected chi connectivity index (χ3v) is 3.51. The van der Waals surface area contributed by atoms with Crippen molar-refractivity contribution < 1.29 is 4.52 Å². The molecule has 1 N–H and O–H groups in total. The Morgan fingerprint density at radius 3 is 2.78 bits per heavy atom. The molecule has 0 bridgehead atoms. The number of hydrogen-bond acceptors (Lipinski definition) is 4. The van der Waals surface area contributed by atoms with Gasteiger partial charge in [0.1, 0.15) is 0 Å². The third kappa shape index (κ3) is 4.09. The van der Waals surface area contributed by atoms with Gasteiger partial charge in [-0.3, -0.25) is 0 Å². The summed E-state index contributed by atoms with van der Waals surface area (Å²) in [5, 5.41) is 7.59. The van der Waals surface area contributed by atoms with Crippen LogP contribution in [0.5, 0.6) is 0 Å². The lowest BCUT2D eigenvalue weighted by Crippen LogP contribution is -2.33. The zero-order valence-electron chi connectivity index (χ0n) is 11.8. The van der Waals surface area contributed by atoms with Crippen molar-refractivity contribution >= 4 is 0 Å². The van der Waals surface area contributed by atoms with Gasteiger partial charge in [0.05, 0.1) is 0 Å². The summed E-state index contributed by atoms with van der Waals surface area (Å²) in [5.74, 6) is 3.17. The van der Waals surface area contributed by atoms with Crippen LogP contribution in [0, 0.1) is 11.8 Å². The van der Waals surface area contributed by atoms with Crippen LogP contribution in [0.4, 0.5) is 0 Å². The van der Waals surface area contributed by atoms with Gasteiger partial charge in [-0.2, -0.15) is 4.98 Å². The van der Waals surface area contributed by atoms with Gasteiger partial charge in [0.2, 0.25) is 5.89 Å². The summed E-state index contributed by atoms with van der Waals surface area (Å²) < 4.78 is 5.35. The Hall–Kier alpha value is -0.900. The molecule has 0 aliphatic heterocycles. The average molecular weight is 251 g/mol. The van der Waals surface area contributed by atoms with Crippen LogP contribution in [-0.2, 0) is 12.8 Å². The Morgan fingerprint density at radius 2 is 2.17 bits per heavy atom. The summed E-state index contributed by atoms with van der Waals surface area (Å²) in [5.41, 5.74) is 0. The molecule has 1 aliphatic rings. The lowest BCUT2D eigenvalue weighted by Gasteiger charge is -2.14. The Balaban J connectivity index is 1.84. The molecule has 2 rings (SSSR count). The van der Waals surface area contributed by atoms with Gasteiger partial charge in [0.15, 0.2) is 5.82 Å². The number of nitrogens with zero attached hydrogens (tertiary/aromatic N) is 2. The molecule has 1 aromatic rings. The minimum Gasteiger partial charge on any atom is -0.339 e. The van der Waals surface area contributed by atoms with Crippen molar-refractivity contribution in [2.45, 2.75) is 58.9 Å². The van der Waals surface area contributed by atoms with Crippen molar-refractivity contribution in [2.24, 2.45) is 11.8 Å². The van der Waals surface area contributed by atoms with Crippen LogP contribution >= 0.6 is 0 Å². The molecule has 1 atom stereocenters. The monoisotopic (exact) mass is 251 g/mol. The summed E-state index contributed by atoms with van der Waals surface area (Å²) in [6.07, 6.45) is 5.61. The standard InChI is InChI=1S/C14H25N3O/c1-4-15-12(11-6-7-11)9-14-16-13(17-18-14)8-5-10(2)3/h10-12,15H,4-9H2,1-3H3. The molecule has 4 heteroatoms.